The summed E-state index contributed by atoms with van der Waals surface area (Å²) in [6.45, 7) is -0.141. The van der Waals surface area contributed by atoms with E-state index in [-0.39, 0.29) is 50.4 Å². The maximum atomic E-state index is 13.9. The number of amides is 1. The van der Waals surface area contributed by atoms with Gasteiger partial charge in [0, 0.05) is 12.6 Å². The first-order valence-electron chi connectivity index (χ1n) is 8.95. The topological polar surface area (TPSA) is 93.2 Å². The number of alkyl halides is 1. The zero-order valence-electron chi connectivity index (χ0n) is 14.8. The van der Waals surface area contributed by atoms with E-state index in [4.69, 9.17) is 0 Å². The lowest BCUT2D eigenvalue weighted by molar-refractivity contribution is -0.135. The van der Waals surface area contributed by atoms with Crippen molar-refractivity contribution in [3.8, 4) is 0 Å². The Kier molecular flexibility index (Phi) is 4.69. The molecule has 3 atom stereocenters. The Labute approximate surface area is 157 Å². The fourth-order valence-corrected chi connectivity index (χ4v) is 3.70. The normalized spacial score (nSPS) is 24.4. The van der Waals surface area contributed by atoms with Gasteiger partial charge in [-0.3, -0.25) is 14.3 Å². The highest BCUT2D eigenvalue weighted by atomic mass is 19.1. The van der Waals surface area contributed by atoms with E-state index in [9.17, 15) is 27.9 Å². The van der Waals surface area contributed by atoms with Crippen molar-refractivity contribution in [2.24, 2.45) is 0 Å². The molecular weight excluding hydrogens is 379 g/mol. The van der Waals surface area contributed by atoms with E-state index in [1.807, 2.05) is 0 Å². The Hall–Kier alpha value is -2.69. The van der Waals surface area contributed by atoms with Crippen LogP contribution in [0, 0.1) is 11.6 Å². The second-order valence-corrected chi connectivity index (χ2v) is 7.03. The summed E-state index contributed by atoms with van der Waals surface area (Å²) in [6.07, 6.45) is -0.669. The number of likely N-dealkylation sites (tertiary alicyclic amines) is 1. The molecule has 1 N–H and O–H groups in total. The van der Waals surface area contributed by atoms with Crippen LogP contribution in [0.4, 0.5) is 13.2 Å². The number of hydrogen-bond donors (Lipinski definition) is 1. The maximum Gasteiger partial charge on any atom is 0.347 e. The van der Waals surface area contributed by atoms with E-state index in [1.54, 1.807) is 0 Å². The Morgan fingerprint density at radius 1 is 1.29 bits per heavy atom. The molecule has 0 radical (unpaired) electrons. The molecule has 1 amide bonds. The number of aliphatic hydroxyl groups is 1. The molecule has 1 unspecified atom stereocenters. The van der Waals surface area contributed by atoms with Gasteiger partial charge in [-0.25, -0.2) is 22.6 Å². The van der Waals surface area contributed by atoms with Crippen molar-refractivity contribution >= 4 is 5.91 Å². The van der Waals surface area contributed by atoms with Crippen molar-refractivity contribution in [2.75, 3.05) is 13.1 Å². The summed E-state index contributed by atoms with van der Waals surface area (Å²) in [4.78, 5) is 30.6. The van der Waals surface area contributed by atoms with Gasteiger partial charge in [-0.05, 0) is 19.3 Å². The zero-order valence-corrected chi connectivity index (χ0v) is 14.8. The average Bonchev–Trinajstić information content (AvgIpc) is 3.22. The monoisotopic (exact) mass is 397 g/mol. The summed E-state index contributed by atoms with van der Waals surface area (Å²) in [7, 11) is 0. The number of pyridine rings is 1. The van der Waals surface area contributed by atoms with Crippen LogP contribution in [0.25, 0.3) is 0 Å². The molecule has 0 bridgehead atoms. The third-order valence-corrected chi connectivity index (χ3v) is 5.13. The van der Waals surface area contributed by atoms with Gasteiger partial charge in [0.15, 0.2) is 5.82 Å². The molecule has 11 heteroatoms. The number of halogens is 3. The molecule has 0 saturated carbocycles. The summed E-state index contributed by atoms with van der Waals surface area (Å²) in [5, 5.41) is 14.2. The molecular formula is C17H18F3N5O3. The molecule has 0 spiro atoms. The highest BCUT2D eigenvalue weighted by Crippen LogP contribution is 2.31. The van der Waals surface area contributed by atoms with Gasteiger partial charge in [-0.1, -0.05) is 0 Å². The van der Waals surface area contributed by atoms with Crippen molar-refractivity contribution in [2.45, 2.75) is 44.1 Å². The lowest BCUT2D eigenvalue weighted by atomic mass is 10.0. The molecule has 1 fully saturated rings. The molecule has 2 aromatic heterocycles. The first-order chi connectivity index (χ1) is 13.3. The molecule has 2 aliphatic rings. The molecule has 2 aromatic rings. The van der Waals surface area contributed by atoms with E-state index >= 15 is 0 Å². The van der Waals surface area contributed by atoms with Gasteiger partial charge in [0.1, 0.15) is 30.0 Å². The lowest BCUT2D eigenvalue weighted by Gasteiger charge is -2.28. The van der Waals surface area contributed by atoms with E-state index in [0.717, 1.165) is 15.4 Å². The van der Waals surface area contributed by atoms with Crippen LogP contribution in [0.1, 0.15) is 42.9 Å². The van der Waals surface area contributed by atoms with E-state index in [0.29, 0.717) is 6.07 Å². The SMILES string of the molecule is O=C([C@@H]1CCC(O)c2nn(Cc3ncc(F)cc3F)c(=O)n21)N1CC[C@H](F)C1. The van der Waals surface area contributed by atoms with Crippen LogP contribution in [0.2, 0.25) is 0 Å². The van der Waals surface area contributed by atoms with Crippen molar-refractivity contribution in [3.05, 3.63) is 45.9 Å². The molecule has 0 aromatic carbocycles. The van der Waals surface area contributed by atoms with Crippen molar-refractivity contribution in [3.63, 3.8) is 0 Å². The number of carbonyl (C=O) groups is 1. The molecule has 28 heavy (non-hydrogen) atoms. The van der Waals surface area contributed by atoms with Crippen molar-refractivity contribution < 1.29 is 23.1 Å². The predicted molar refractivity (Wildman–Crippen MR) is 89.1 cm³/mol. The van der Waals surface area contributed by atoms with Crippen molar-refractivity contribution in [1.82, 2.24) is 24.2 Å². The number of aliphatic hydroxyl groups excluding tert-OH is 1. The molecule has 8 nitrogen and oxygen atoms in total. The summed E-state index contributed by atoms with van der Waals surface area (Å²) in [5.74, 6) is -2.19. The average molecular weight is 397 g/mol. The van der Waals surface area contributed by atoms with Crippen molar-refractivity contribution in [1.29, 1.82) is 0 Å². The van der Waals surface area contributed by atoms with Gasteiger partial charge in [0.05, 0.1) is 25.0 Å². The Bertz CT molecular complexity index is 975. The lowest BCUT2D eigenvalue weighted by Crippen LogP contribution is -2.42. The summed E-state index contributed by atoms with van der Waals surface area (Å²) >= 11 is 0. The highest BCUT2D eigenvalue weighted by Gasteiger charge is 2.38. The second kappa shape index (κ2) is 7.04. The quantitative estimate of drug-likeness (QED) is 0.823. The molecule has 0 aliphatic carbocycles. The van der Waals surface area contributed by atoms with Crippen LogP contribution in [0.3, 0.4) is 0 Å². The van der Waals surface area contributed by atoms with Crippen LogP contribution in [0.15, 0.2) is 17.1 Å². The fourth-order valence-electron chi connectivity index (χ4n) is 3.70. The summed E-state index contributed by atoms with van der Waals surface area (Å²) in [6, 6.07) is -0.262. The standard InChI is InChI=1S/C17H18F3N5O3/c18-9-3-4-23(7-9)16(27)13-1-2-14(26)15-22-24(17(28)25(13)15)8-12-11(20)5-10(19)6-21-12/h5-6,9,13-14,26H,1-4,7-8H2/t9-,13-,14?/m0/s1. The van der Waals surface area contributed by atoms with Gasteiger partial charge in [-0.15, -0.1) is 0 Å². The van der Waals surface area contributed by atoms with Gasteiger partial charge in [0.25, 0.3) is 0 Å². The molecule has 1 saturated heterocycles. The van der Waals surface area contributed by atoms with Gasteiger partial charge in [-0.2, -0.15) is 5.10 Å². The second-order valence-electron chi connectivity index (χ2n) is 7.03. The van der Waals surface area contributed by atoms with E-state index in [1.165, 1.54) is 4.90 Å². The minimum atomic E-state index is -1.09. The van der Waals surface area contributed by atoms with Crippen LogP contribution in [0.5, 0.6) is 0 Å². The molecule has 150 valence electrons. The minimum Gasteiger partial charge on any atom is -0.385 e. The number of fused-ring (bicyclic) bond motifs is 1. The van der Waals surface area contributed by atoms with E-state index < -0.39 is 41.5 Å². The molecule has 4 heterocycles. The third-order valence-electron chi connectivity index (χ3n) is 5.13. The summed E-state index contributed by atoms with van der Waals surface area (Å²) in [5.41, 5.74) is -0.912. The number of carbonyl (C=O) groups excluding carboxylic acids is 1. The maximum absolute atomic E-state index is 13.9. The number of nitrogens with zero attached hydrogens (tertiary/aromatic N) is 5. The van der Waals surface area contributed by atoms with E-state index in [2.05, 4.69) is 10.1 Å². The predicted octanol–water partition coefficient (Wildman–Crippen LogP) is 0.705. The van der Waals surface area contributed by atoms with Gasteiger partial charge < -0.3 is 10.0 Å². The third kappa shape index (κ3) is 3.19. The van der Waals surface area contributed by atoms with Crippen LogP contribution in [-0.2, 0) is 11.3 Å². The fraction of sp³-hybridized carbons (Fsp3) is 0.529. The Morgan fingerprint density at radius 3 is 2.75 bits per heavy atom. The smallest absolute Gasteiger partial charge is 0.347 e. The first-order valence-corrected chi connectivity index (χ1v) is 8.95. The zero-order chi connectivity index (χ0) is 20.0. The minimum absolute atomic E-state index is 0.00637. The van der Waals surface area contributed by atoms with Gasteiger partial charge in [0.2, 0.25) is 5.91 Å². The van der Waals surface area contributed by atoms with Gasteiger partial charge >= 0.3 is 5.69 Å². The Balaban J connectivity index is 1.67. The van der Waals surface area contributed by atoms with Crippen LogP contribution < -0.4 is 5.69 Å². The van der Waals surface area contributed by atoms with Crippen LogP contribution in [-0.4, -0.2) is 54.5 Å². The largest absolute Gasteiger partial charge is 0.385 e. The molecule has 2 aliphatic heterocycles. The Morgan fingerprint density at radius 2 is 2.07 bits per heavy atom. The highest BCUT2D eigenvalue weighted by molar-refractivity contribution is 5.81. The number of hydrogen-bond acceptors (Lipinski definition) is 5. The van der Waals surface area contributed by atoms with Crippen LogP contribution >= 0.6 is 0 Å². The summed E-state index contributed by atoms with van der Waals surface area (Å²) < 4.78 is 42.3. The number of rotatable bonds is 3. The number of aromatic nitrogens is 4. The first kappa shape index (κ1) is 18.7. The molecule has 4 rings (SSSR count).